The third-order valence-corrected chi connectivity index (χ3v) is 6.70. The van der Waals surface area contributed by atoms with E-state index in [2.05, 4.69) is 5.32 Å². The van der Waals surface area contributed by atoms with E-state index in [9.17, 15) is 4.79 Å². The van der Waals surface area contributed by atoms with Crippen LogP contribution in [-0.2, 0) is 17.8 Å². The second-order valence-electron chi connectivity index (χ2n) is 9.35. The average Bonchev–Trinajstić information content (AvgIpc) is 3.25. The van der Waals surface area contributed by atoms with Crippen LogP contribution in [0.2, 0.25) is 0 Å². The van der Waals surface area contributed by atoms with E-state index < -0.39 is 0 Å². The predicted octanol–water partition coefficient (Wildman–Crippen LogP) is 6.16. The summed E-state index contributed by atoms with van der Waals surface area (Å²) in [5.41, 5.74) is 3.23. The van der Waals surface area contributed by atoms with Crippen molar-refractivity contribution in [2.24, 2.45) is 0 Å². The molecule has 1 aliphatic rings. The monoisotopic (exact) mass is 590 g/mol. The molecular weight excluding hydrogens is 552 g/mol. The van der Waals surface area contributed by atoms with Gasteiger partial charge >= 0.3 is 0 Å². The minimum atomic E-state index is -0.167. The summed E-state index contributed by atoms with van der Waals surface area (Å²) >= 11 is 5.49. The molecule has 0 radical (unpaired) electrons. The Morgan fingerprint density at radius 3 is 1.98 bits per heavy atom. The number of carbonyl (C=O) groups is 1. The third kappa shape index (κ3) is 7.94. The van der Waals surface area contributed by atoms with Crippen LogP contribution in [0, 0.1) is 0 Å². The summed E-state index contributed by atoms with van der Waals surface area (Å²) in [4.78, 5) is 14.8. The Balaban J connectivity index is 1.39. The lowest BCUT2D eigenvalue weighted by atomic mass is 10.1. The molecule has 1 heterocycles. The average molecular weight is 591 g/mol. The Bertz CT molecular complexity index is 1420. The van der Waals surface area contributed by atoms with Crippen LogP contribution in [0.1, 0.15) is 44.4 Å². The quantitative estimate of drug-likeness (QED) is 0.167. The van der Waals surface area contributed by atoms with Crippen molar-refractivity contribution < 1.29 is 28.5 Å². The Morgan fingerprint density at radius 2 is 1.33 bits per heavy atom. The molecule has 0 saturated carbocycles. The maximum absolute atomic E-state index is 13.2. The van der Waals surface area contributed by atoms with Gasteiger partial charge in [0.15, 0.2) is 28.1 Å². The number of hydrogen-bond acceptors (Lipinski definition) is 7. The number of nitrogens with zero attached hydrogens (tertiary/aromatic N) is 1. The van der Waals surface area contributed by atoms with E-state index in [1.54, 1.807) is 11.0 Å². The molecule has 3 aromatic rings. The van der Waals surface area contributed by atoms with Gasteiger partial charge in [0.2, 0.25) is 0 Å². The maximum Gasteiger partial charge on any atom is 0.276 e. The molecule has 1 saturated heterocycles. The molecule has 1 aliphatic heterocycles. The number of benzene rings is 3. The van der Waals surface area contributed by atoms with Gasteiger partial charge in [-0.1, -0.05) is 24.3 Å². The van der Waals surface area contributed by atoms with Gasteiger partial charge in [-0.2, -0.15) is 0 Å². The lowest BCUT2D eigenvalue weighted by molar-refractivity contribution is -0.122. The molecular formula is C33H38N2O6S. The van der Waals surface area contributed by atoms with Crippen molar-refractivity contribution in [1.82, 2.24) is 10.2 Å². The van der Waals surface area contributed by atoms with E-state index in [4.69, 9.17) is 35.9 Å². The van der Waals surface area contributed by atoms with E-state index >= 15 is 0 Å². The first-order valence-electron chi connectivity index (χ1n) is 14.3. The SMILES string of the molecule is CCOc1ccc(CCN2C(=O)/C(=C\c3cccc(OCc4ccc(OCC)c(OCC)c4)c3)NC2=S)cc1OCC. The van der Waals surface area contributed by atoms with E-state index in [-0.39, 0.29) is 5.91 Å². The molecule has 3 aromatic carbocycles. The highest BCUT2D eigenvalue weighted by molar-refractivity contribution is 7.80. The van der Waals surface area contributed by atoms with E-state index in [0.29, 0.717) is 85.6 Å². The standard InChI is InChI=1S/C33H38N2O6S/c1-5-37-28-14-12-23(20-30(28)39-7-3)16-17-35-32(36)27(34-33(35)42)19-24-10-9-11-26(18-24)41-22-25-13-15-29(38-6-2)31(21-25)40-8-4/h9-15,18-21H,5-8,16-17,22H2,1-4H3,(H,34,42)/b27-19+. The first-order valence-corrected chi connectivity index (χ1v) is 14.7. The van der Waals surface area contributed by atoms with E-state index in [1.807, 2.05) is 88.4 Å². The molecule has 4 rings (SSSR count). The van der Waals surface area contributed by atoms with Crippen LogP contribution >= 0.6 is 12.2 Å². The smallest absolute Gasteiger partial charge is 0.276 e. The Hall–Kier alpha value is -4.24. The molecule has 0 bridgehead atoms. The van der Waals surface area contributed by atoms with Gasteiger partial charge in [0.1, 0.15) is 18.1 Å². The van der Waals surface area contributed by atoms with Gasteiger partial charge in [-0.25, -0.2) is 0 Å². The number of rotatable bonds is 15. The Kier molecular flexibility index (Phi) is 11.1. The third-order valence-electron chi connectivity index (χ3n) is 6.38. The minimum absolute atomic E-state index is 0.167. The van der Waals surface area contributed by atoms with Crippen molar-refractivity contribution in [2.45, 2.75) is 40.7 Å². The second kappa shape index (κ2) is 15.1. The molecule has 1 N–H and O–H groups in total. The maximum atomic E-state index is 13.2. The highest BCUT2D eigenvalue weighted by atomic mass is 32.1. The first-order chi connectivity index (χ1) is 20.4. The van der Waals surface area contributed by atoms with Gasteiger partial charge in [0, 0.05) is 6.54 Å². The number of amides is 1. The number of nitrogens with one attached hydrogen (secondary N) is 1. The van der Waals surface area contributed by atoms with Crippen LogP contribution in [-0.4, -0.2) is 48.9 Å². The molecule has 222 valence electrons. The van der Waals surface area contributed by atoms with Gasteiger partial charge in [-0.15, -0.1) is 0 Å². The van der Waals surface area contributed by atoms with Gasteiger partial charge in [0.05, 0.1) is 26.4 Å². The van der Waals surface area contributed by atoms with Crippen LogP contribution in [0.4, 0.5) is 0 Å². The molecule has 0 aromatic heterocycles. The van der Waals surface area contributed by atoms with Crippen LogP contribution in [0.3, 0.4) is 0 Å². The summed E-state index contributed by atoms with van der Waals surface area (Å²) in [6, 6.07) is 19.2. The number of carbonyl (C=O) groups excluding carboxylic acids is 1. The van der Waals surface area contributed by atoms with E-state index in [1.165, 1.54) is 0 Å². The summed E-state index contributed by atoms with van der Waals surface area (Å²) < 4.78 is 28.8. The lowest BCUT2D eigenvalue weighted by Gasteiger charge is -2.15. The van der Waals surface area contributed by atoms with Crippen molar-refractivity contribution in [3.8, 4) is 28.7 Å². The molecule has 8 nitrogen and oxygen atoms in total. The normalized spacial score (nSPS) is 13.7. The fraction of sp³-hybridized carbons (Fsp3) is 0.333. The van der Waals surface area contributed by atoms with Crippen LogP contribution in [0.25, 0.3) is 6.08 Å². The molecule has 0 atom stereocenters. The molecule has 9 heteroatoms. The Labute approximate surface area is 253 Å². The number of ether oxygens (including phenoxy) is 5. The van der Waals surface area contributed by atoms with Gasteiger partial charge in [-0.05, 0) is 105 Å². The van der Waals surface area contributed by atoms with E-state index in [0.717, 1.165) is 16.7 Å². The van der Waals surface area contributed by atoms with Gasteiger partial charge in [-0.3, -0.25) is 9.69 Å². The summed E-state index contributed by atoms with van der Waals surface area (Å²) in [6.45, 7) is 10.8. The van der Waals surface area contributed by atoms with Crippen molar-refractivity contribution in [1.29, 1.82) is 0 Å². The van der Waals surface area contributed by atoms with Crippen LogP contribution in [0.15, 0.2) is 66.4 Å². The summed E-state index contributed by atoms with van der Waals surface area (Å²) in [5.74, 6) is 3.34. The zero-order chi connectivity index (χ0) is 29.9. The lowest BCUT2D eigenvalue weighted by Crippen LogP contribution is -2.32. The predicted molar refractivity (Wildman–Crippen MR) is 167 cm³/mol. The molecule has 42 heavy (non-hydrogen) atoms. The van der Waals surface area contributed by atoms with Gasteiger partial charge < -0.3 is 29.0 Å². The first kappa shape index (κ1) is 30.7. The Morgan fingerprint density at radius 1 is 0.738 bits per heavy atom. The molecule has 1 fully saturated rings. The highest BCUT2D eigenvalue weighted by Gasteiger charge is 2.30. The number of hydrogen-bond donors (Lipinski definition) is 1. The minimum Gasteiger partial charge on any atom is -0.490 e. The molecule has 1 amide bonds. The molecule has 0 aliphatic carbocycles. The van der Waals surface area contributed by atoms with Gasteiger partial charge in [0.25, 0.3) is 5.91 Å². The van der Waals surface area contributed by atoms with Crippen molar-refractivity contribution in [3.05, 3.63) is 83.1 Å². The summed E-state index contributed by atoms with van der Waals surface area (Å²) in [5, 5.41) is 3.45. The second-order valence-corrected chi connectivity index (χ2v) is 9.74. The van der Waals surface area contributed by atoms with Crippen LogP contribution in [0.5, 0.6) is 28.7 Å². The highest BCUT2D eigenvalue weighted by Crippen LogP contribution is 2.30. The summed E-state index contributed by atoms with van der Waals surface area (Å²) in [6.07, 6.45) is 2.41. The molecule has 0 spiro atoms. The summed E-state index contributed by atoms with van der Waals surface area (Å²) in [7, 11) is 0. The van der Waals surface area contributed by atoms with Crippen molar-refractivity contribution >= 4 is 29.3 Å². The largest absolute Gasteiger partial charge is 0.490 e. The zero-order valence-electron chi connectivity index (χ0n) is 24.6. The number of thiocarbonyl (C=S) groups is 1. The fourth-order valence-electron chi connectivity index (χ4n) is 4.48. The van der Waals surface area contributed by atoms with Crippen molar-refractivity contribution in [2.75, 3.05) is 33.0 Å². The fourth-order valence-corrected chi connectivity index (χ4v) is 4.76. The topological polar surface area (TPSA) is 78.5 Å². The van der Waals surface area contributed by atoms with Crippen LogP contribution < -0.4 is 29.0 Å². The van der Waals surface area contributed by atoms with Crippen molar-refractivity contribution in [3.63, 3.8) is 0 Å². The zero-order valence-corrected chi connectivity index (χ0v) is 25.4. The molecule has 0 unspecified atom stereocenters.